The van der Waals surface area contributed by atoms with Crippen LogP contribution >= 0.6 is 12.4 Å². The number of carbonyl (C=O) groups excluding carboxylic acids is 1. The maximum Gasteiger partial charge on any atom is 0.227 e. The van der Waals surface area contributed by atoms with Gasteiger partial charge in [0.15, 0.2) is 0 Å². The fraction of sp³-hybridized carbons (Fsp3) is 0.750. The molecule has 1 aromatic heterocycles. The van der Waals surface area contributed by atoms with Crippen LogP contribution in [0.3, 0.4) is 0 Å². The van der Waals surface area contributed by atoms with Crippen molar-refractivity contribution in [3.05, 3.63) is 18.0 Å². The van der Waals surface area contributed by atoms with Crippen molar-refractivity contribution in [3.63, 3.8) is 0 Å². The van der Waals surface area contributed by atoms with Gasteiger partial charge in [-0.2, -0.15) is 5.10 Å². The second-order valence-corrected chi connectivity index (χ2v) is 7.31. The van der Waals surface area contributed by atoms with E-state index < -0.39 is 0 Å². The monoisotopic (exact) mass is 326 g/mol. The van der Waals surface area contributed by atoms with Gasteiger partial charge in [-0.3, -0.25) is 9.48 Å². The summed E-state index contributed by atoms with van der Waals surface area (Å²) in [6, 6.07) is 0. The van der Waals surface area contributed by atoms with Gasteiger partial charge in [0.1, 0.15) is 0 Å². The lowest BCUT2D eigenvalue weighted by molar-refractivity contribution is -0.137. The van der Waals surface area contributed by atoms with Crippen LogP contribution in [0.5, 0.6) is 0 Å². The largest absolute Gasteiger partial charge is 0.342 e. The molecule has 0 bridgehead atoms. The number of nitrogens with zero attached hydrogens (tertiary/aromatic N) is 3. The summed E-state index contributed by atoms with van der Waals surface area (Å²) < 4.78 is 1.82. The molecule has 2 fully saturated rings. The Morgan fingerprint density at radius 3 is 2.59 bits per heavy atom. The summed E-state index contributed by atoms with van der Waals surface area (Å²) in [6.45, 7) is 8.07. The molecule has 6 heteroatoms. The molecule has 124 valence electrons. The van der Waals surface area contributed by atoms with Gasteiger partial charge in [-0.25, -0.2) is 0 Å². The molecule has 2 atom stereocenters. The zero-order chi connectivity index (χ0) is 15.0. The van der Waals surface area contributed by atoms with E-state index in [9.17, 15) is 4.79 Å². The van der Waals surface area contributed by atoms with E-state index >= 15 is 0 Å². The first kappa shape index (κ1) is 17.3. The molecule has 0 aliphatic carbocycles. The van der Waals surface area contributed by atoms with Crippen LogP contribution in [0.4, 0.5) is 0 Å². The van der Waals surface area contributed by atoms with Gasteiger partial charge in [-0.05, 0) is 23.8 Å². The number of carbonyl (C=O) groups is 1. The minimum Gasteiger partial charge on any atom is -0.342 e. The van der Waals surface area contributed by atoms with Crippen molar-refractivity contribution < 1.29 is 4.79 Å². The molecule has 1 amide bonds. The Bertz CT molecular complexity index is 518. The first-order valence-corrected chi connectivity index (χ1v) is 7.94. The van der Waals surface area contributed by atoms with E-state index in [0.717, 1.165) is 39.0 Å². The molecule has 0 aromatic carbocycles. The Balaban J connectivity index is 0.00000176. The third-order valence-electron chi connectivity index (χ3n) is 5.11. The lowest BCUT2D eigenvalue weighted by atomic mass is 9.81. The van der Waals surface area contributed by atoms with Gasteiger partial charge in [-0.1, -0.05) is 13.8 Å². The first-order chi connectivity index (χ1) is 9.96. The Hall–Kier alpha value is -1.07. The van der Waals surface area contributed by atoms with E-state index in [1.54, 1.807) is 0 Å². The minimum absolute atomic E-state index is 0. The smallest absolute Gasteiger partial charge is 0.227 e. The minimum atomic E-state index is 0. The van der Waals surface area contributed by atoms with Crippen LogP contribution in [0, 0.1) is 11.3 Å². The summed E-state index contributed by atoms with van der Waals surface area (Å²) in [5, 5.41) is 7.63. The molecule has 2 aliphatic rings. The predicted molar refractivity (Wildman–Crippen MR) is 89.2 cm³/mol. The number of hydrogen-bond acceptors (Lipinski definition) is 3. The van der Waals surface area contributed by atoms with Crippen molar-refractivity contribution in [2.75, 3.05) is 26.2 Å². The summed E-state index contributed by atoms with van der Waals surface area (Å²) in [7, 11) is 1.93. The predicted octanol–water partition coefficient (Wildman–Crippen LogP) is 1.79. The van der Waals surface area contributed by atoms with Crippen LogP contribution in [0.25, 0.3) is 0 Å². The van der Waals surface area contributed by atoms with E-state index in [4.69, 9.17) is 0 Å². The molecule has 1 aromatic rings. The SMILES string of the molecule is Cl.Cn1cc([C@H]2CNC[C@@H]2C(=O)N2CCC(C)(C)CC2)cn1. The van der Waals surface area contributed by atoms with Crippen molar-refractivity contribution >= 4 is 18.3 Å². The number of rotatable bonds is 2. The number of aromatic nitrogens is 2. The van der Waals surface area contributed by atoms with Crippen LogP contribution in [0.2, 0.25) is 0 Å². The molecular formula is C16H27ClN4O. The van der Waals surface area contributed by atoms with Crippen LogP contribution in [0.15, 0.2) is 12.4 Å². The van der Waals surface area contributed by atoms with Crippen molar-refractivity contribution in [1.82, 2.24) is 20.0 Å². The molecular weight excluding hydrogens is 300 g/mol. The third kappa shape index (κ3) is 3.46. The van der Waals surface area contributed by atoms with Crippen LogP contribution in [0.1, 0.15) is 38.2 Å². The highest BCUT2D eigenvalue weighted by Crippen LogP contribution is 2.33. The van der Waals surface area contributed by atoms with Crippen molar-refractivity contribution in [2.24, 2.45) is 18.4 Å². The summed E-state index contributed by atoms with van der Waals surface area (Å²) in [5.41, 5.74) is 1.56. The average Bonchev–Trinajstić information content (AvgIpc) is 3.06. The lowest BCUT2D eigenvalue weighted by Gasteiger charge is -2.38. The number of likely N-dealkylation sites (tertiary alicyclic amines) is 1. The van der Waals surface area contributed by atoms with Gasteiger partial charge in [0.2, 0.25) is 5.91 Å². The van der Waals surface area contributed by atoms with Crippen molar-refractivity contribution in [1.29, 1.82) is 0 Å². The normalized spacial score (nSPS) is 27.5. The second kappa shape index (κ2) is 6.59. The first-order valence-electron chi connectivity index (χ1n) is 7.94. The van der Waals surface area contributed by atoms with E-state index in [1.807, 2.05) is 24.1 Å². The summed E-state index contributed by atoms with van der Waals surface area (Å²) >= 11 is 0. The zero-order valence-electron chi connectivity index (χ0n) is 13.7. The number of piperidine rings is 1. The maximum atomic E-state index is 12.9. The molecule has 0 radical (unpaired) electrons. The number of halogens is 1. The lowest BCUT2D eigenvalue weighted by Crippen LogP contribution is -2.45. The average molecular weight is 327 g/mol. The Morgan fingerprint density at radius 1 is 1.32 bits per heavy atom. The summed E-state index contributed by atoms with van der Waals surface area (Å²) in [4.78, 5) is 14.9. The van der Waals surface area contributed by atoms with E-state index in [2.05, 4.69) is 29.2 Å². The highest BCUT2D eigenvalue weighted by molar-refractivity contribution is 5.85. The number of hydrogen-bond donors (Lipinski definition) is 1. The van der Waals surface area contributed by atoms with Gasteiger partial charge in [0, 0.05) is 45.3 Å². The number of nitrogens with one attached hydrogen (secondary N) is 1. The van der Waals surface area contributed by atoms with Crippen LogP contribution in [-0.4, -0.2) is 46.8 Å². The summed E-state index contributed by atoms with van der Waals surface area (Å²) in [6.07, 6.45) is 6.15. The molecule has 5 nitrogen and oxygen atoms in total. The van der Waals surface area contributed by atoms with Gasteiger partial charge in [-0.15, -0.1) is 12.4 Å². The van der Waals surface area contributed by atoms with Gasteiger partial charge < -0.3 is 10.2 Å². The standard InChI is InChI=1S/C16H26N4O.ClH/c1-16(2)4-6-20(7-5-16)15(21)14-10-17-9-13(14)12-8-18-19(3)11-12;/h8,11,13-14,17H,4-7,9-10H2,1-3H3;1H/t13-,14+;/m1./s1. The molecule has 0 unspecified atom stereocenters. The molecule has 3 rings (SSSR count). The molecule has 0 spiro atoms. The molecule has 3 heterocycles. The van der Waals surface area contributed by atoms with Crippen molar-refractivity contribution in [3.8, 4) is 0 Å². The molecule has 22 heavy (non-hydrogen) atoms. The zero-order valence-corrected chi connectivity index (χ0v) is 14.5. The topological polar surface area (TPSA) is 50.2 Å². The molecule has 1 N–H and O–H groups in total. The highest BCUT2D eigenvalue weighted by Gasteiger charge is 2.38. The highest BCUT2D eigenvalue weighted by atomic mass is 35.5. The fourth-order valence-corrected chi connectivity index (χ4v) is 3.49. The van der Waals surface area contributed by atoms with E-state index in [-0.39, 0.29) is 24.2 Å². The van der Waals surface area contributed by atoms with Gasteiger partial charge in [0.25, 0.3) is 0 Å². The molecule has 2 aliphatic heterocycles. The maximum absolute atomic E-state index is 12.9. The summed E-state index contributed by atoms with van der Waals surface area (Å²) in [5.74, 6) is 0.654. The second-order valence-electron chi connectivity index (χ2n) is 7.31. The van der Waals surface area contributed by atoms with Crippen molar-refractivity contribution in [2.45, 2.75) is 32.6 Å². The Morgan fingerprint density at radius 2 is 2.00 bits per heavy atom. The van der Waals surface area contributed by atoms with E-state index in [0.29, 0.717) is 11.3 Å². The molecule has 2 saturated heterocycles. The van der Waals surface area contributed by atoms with Gasteiger partial charge in [0.05, 0.1) is 12.1 Å². The Labute approximate surface area is 138 Å². The third-order valence-corrected chi connectivity index (χ3v) is 5.11. The van der Waals surface area contributed by atoms with Crippen LogP contribution < -0.4 is 5.32 Å². The van der Waals surface area contributed by atoms with Crippen LogP contribution in [-0.2, 0) is 11.8 Å². The quantitative estimate of drug-likeness (QED) is 0.901. The fourth-order valence-electron chi connectivity index (χ4n) is 3.49. The number of amides is 1. The van der Waals surface area contributed by atoms with E-state index in [1.165, 1.54) is 5.56 Å². The van der Waals surface area contributed by atoms with Gasteiger partial charge >= 0.3 is 0 Å². The number of aryl methyl sites for hydroxylation is 1. The molecule has 0 saturated carbocycles. The Kier molecular flexibility index (Phi) is 5.17.